The van der Waals surface area contributed by atoms with Gasteiger partial charge in [0.15, 0.2) is 21.5 Å². The fourth-order valence-corrected chi connectivity index (χ4v) is 6.14. The first kappa shape index (κ1) is 24.5. The van der Waals surface area contributed by atoms with Crippen molar-refractivity contribution in [1.82, 2.24) is 4.90 Å². The standard InChI is InChI=1S/C16H21F2NO3S.C2HF3O2/c1-2-22-9-13-5-6-23(20,21)16(13)10-19(11-16)8-12-3-4-14(17)15(18)7-12;3-2(4,5)1(6)7/h3-4,7,13H,2,5-6,8-11H2,1H3;(H,6,7). The van der Waals surface area contributed by atoms with Gasteiger partial charge < -0.3 is 9.84 Å². The fraction of sp³-hybridized carbons (Fsp3) is 0.611. The molecule has 0 amide bonds. The third-order valence-corrected chi connectivity index (χ3v) is 7.84. The summed E-state index contributed by atoms with van der Waals surface area (Å²) >= 11 is 0. The van der Waals surface area contributed by atoms with Crippen LogP contribution in [0.1, 0.15) is 18.9 Å². The van der Waals surface area contributed by atoms with Crippen LogP contribution in [-0.4, -0.2) is 67.4 Å². The van der Waals surface area contributed by atoms with Gasteiger partial charge in [-0.1, -0.05) is 6.07 Å². The summed E-state index contributed by atoms with van der Waals surface area (Å²) in [4.78, 5) is 10.9. The van der Waals surface area contributed by atoms with Crippen LogP contribution in [0, 0.1) is 17.6 Å². The van der Waals surface area contributed by atoms with Crippen molar-refractivity contribution in [3.05, 3.63) is 35.4 Å². The first-order chi connectivity index (χ1) is 13.8. The van der Waals surface area contributed by atoms with Gasteiger partial charge in [0.2, 0.25) is 0 Å². The SMILES string of the molecule is CCOCC1CCS(=O)(=O)C12CN(Cc1ccc(F)c(F)c1)C2.O=C(O)C(F)(F)F. The number of sulfone groups is 1. The molecule has 1 atom stereocenters. The number of rotatable bonds is 5. The van der Waals surface area contributed by atoms with Gasteiger partial charge >= 0.3 is 12.1 Å². The van der Waals surface area contributed by atoms with E-state index in [1.807, 2.05) is 11.8 Å². The molecule has 30 heavy (non-hydrogen) atoms. The molecule has 0 saturated carbocycles. The summed E-state index contributed by atoms with van der Waals surface area (Å²) in [7, 11) is -3.13. The number of alkyl halides is 3. The third-order valence-electron chi connectivity index (χ3n) is 5.24. The number of aliphatic carboxylic acids is 1. The molecular weight excluding hydrogens is 437 g/mol. The van der Waals surface area contributed by atoms with Gasteiger partial charge in [0, 0.05) is 32.2 Å². The van der Waals surface area contributed by atoms with E-state index in [1.54, 1.807) is 0 Å². The van der Waals surface area contributed by atoms with Crippen LogP contribution in [0.5, 0.6) is 0 Å². The molecule has 2 aliphatic rings. The fourth-order valence-electron chi connectivity index (χ4n) is 3.69. The Balaban J connectivity index is 0.000000396. The van der Waals surface area contributed by atoms with Crippen LogP contribution in [0.25, 0.3) is 0 Å². The van der Waals surface area contributed by atoms with Gasteiger partial charge in [-0.2, -0.15) is 13.2 Å². The summed E-state index contributed by atoms with van der Waals surface area (Å²) in [5.41, 5.74) is 0.649. The smallest absolute Gasteiger partial charge is 0.475 e. The minimum absolute atomic E-state index is 0.0219. The van der Waals surface area contributed by atoms with Crippen LogP contribution in [0.15, 0.2) is 18.2 Å². The number of hydrogen-bond donors (Lipinski definition) is 1. The maximum Gasteiger partial charge on any atom is 0.490 e. The Kier molecular flexibility index (Phi) is 7.46. The zero-order valence-corrected chi connectivity index (χ0v) is 16.9. The number of hydrogen-bond acceptors (Lipinski definition) is 5. The van der Waals surface area contributed by atoms with Crippen molar-refractivity contribution in [3.8, 4) is 0 Å². The van der Waals surface area contributed by atoms with Gasteiger partial charge in [-0.3, -0.25) is 4.90 Å². The lowest BCUT2D eigenvalue weighted by Crippen LogP contribution is -2.67. The second kappa shape index (κ2) is 9.15. The lowest BCUT2D eigenvalue weighted by atomic mass is 9.83. The number of likely N-dealkylation sites (tertiary alicyclic amines) is 1. The molecule has 2 aliphatic heterocycles. The van der Waals surface area contributed by atoms with E-state index < -0.39 is 38.4 Å². The van der Waals surface area contributed by atoms with Crippen LogP contribution < -0.4 is 0 Å². The Hall–Kier alpha value is -1.79. The maximum atomic E-state index is 13.3. The number of ether oxygens (including phenoxy) is 1. The molecule has 170 valence electrons. The van der Waals surface area contributed by atoms with Crippen molar-refractivity contribution in [1.29, 1.82) is 0 Å². The molecule has 0 aliphatic carbocycles. The molecule has 2 saturated heterocycles. The first-order valence-electron chi connectivity index (χ1n) is 9.09. The summed E-state index contributed by atoms with van der Waals surface area (Å²) in [5, 5.41) is 7.12. The number of benzene rings is 1. The van der Waals surface area contributed by atoms with Crippen LogP contribution in [-0.2, 0) is 25.9 Å². The van der Waals surface area contributed by atoms with Crippen LogP contribution in [0.3, 0.4) is 0 Å². The van der Waals surface area contributed by atoms with E-state index in [-0.39, 0.29) is 11.7 Å². The number of carboxylic acids is 1. The molecule has 3 rings (SSSR count). The molecule has 2 heterocycles. The minimum atomic E-state index is -5.08. The number of carboxylic acid groups (broad SMARTS) is 1. The van der Waals surface area contributed by atoms with E-state index in [0.29, 0.717) is 44.8 Å². The largest absolute Gasteiger partial charge is 0.490 e. The number of carbonyl (C=O) groups is 1. The van der Waals surface area contributed by atoms with E-state index in [0.717, 1.165) is 6.07 Å². The van der Waals surface area contributed by atoms with Crippen LogP contribution in [0.2, 0.25) is 0 Å². The lowest BCUT2D eigenvalue weighted by molar-refractivity contribution is -0.192. The highest BCUT2D eigenvalue weighted by atomic mass is 32.2. The maximum absolute atomic E-state index is 13.3. The second-order valence-electron chi connectivity index (χ2n) is 7.23. The third kappa shape index (κ3) is 5.27. The summed E-state index contributed by atoms with van der Waals surface area (Å²) in [6.07, 6.45) is -4.44. The molecular formula is C18H22F5NO5S. The molecule has 1 N–H and O–H groups in total. The summed E-state index contributed by atoms with van der Waals surface area (Å²) in [6.45, 7) is 4.24. The van der Waals surface area contributed by atoms with E-state index >= 15 is 0 Å². The Labute approximate surface area is 170 Å². The summed E-state index contributed by atoms with van der Waals surface area (Å²) in [5.74, 6) is -4.27. The Bertz CT molecular complexity index is 868. The molecule has 1 aromatic carbocycles. The first-order valence-corrected chi connectivity index (χ1v) is 10.7. The lowest BCUT2D eigenvalue weighted by Gasteiger charge is -2.50. The highest BCUT2D eigenvalue weighted by Crippen LogP contribution is 2.45. The molecule has 0 bridgehead atoms. The van der Waals surface area contributed by atoms with Crippen molar-refractivity contribution in [2.45, 2.75) is 30.8 Å². The van der Waals surface area contributed by atoms with Gasteiger partial charge in [0.1, 0.15) is 4.75 Å². The molecule has 12 heteroatoms. The van der Waals surface area contributed by atoms with E-state index in [4.69, 9.17) is 14.6 Å². The normalized spacial score (nSPS) is 22.3. The number of halogens is 5. The van der Waals surface area contributed by atoms with Gasteiger partial charge in [0.05, 0.1) is 12.4 Å². The van der Waals surface area contributed by atoms with Crippen LogP contribution >= 0.6 is 0 Å². The van der Waals surface area contributed by atoms with Crippen molar-refractivity contribution in [2.75, 3.05) is 32.1 Å². The topological polar surface area (TPSA) is 83.9 Å². The highest BCUT2D eigenvalue weighted by molar-refractivity contribution is 7.93. The molecule has 2 fully saturated rings. The second-order valence-corrected chi connectivity index (χ2v) is 9.68. The highest BCUT2D eigenvalue weighted by Gasteiger charge is 2.61. The van der Waals surface area contributed by atoms with Gasteiger partial charge in [-0.25, -0.2) is 22.0 Å². The Morgan fingerprint density at radius 1 is 1.27 bits per heavy atom. The molecule has 6 nitrogen and oxygen atoms in total. The van der Waals surface area contributed by atoms with E-state index in [1.165, 1.54) is 12.1 Å². The van der Waals surface area contributed by atoms with Crippen molar-refractivity contribution >= 4 is 15.8 Å². The zero-order chi connectivity index (χ0) is 22.7. The molecule has 0 aromatic heterocycles. The predicted octanol–water partition coefficient (Wildman–Crippen LogP) is 2.62. The van der Waals surface area contributed by atoms with Crippen molar-refractivity contribution in [3.63, 3.8) is 0 Å². The molecule has 1 aromatic rings. The quantitative estimate of drug-likeness (QED) is 0.682. The molecule has 1 spiro atoms. The Morgan fingerprint density at radius 2 is 1.87 bits per heavy atom. The predicted molar refractivity (Wildman–Crippen MR) is 96.4 cm³/mol. The molecule has 1 unspecified atom stereocenters. The van der Waals surface area contributed by atoms with Crippen molar-refractivity contribution < 1.29 is 45.0 Å². The Morgan fingerprint density at radius 3 is 2.37 bits per heavy atom. The van der Waals surface area contributed by atoms with Crippen LogP contribution in [0.4, 0.5) is 22.0 Å². The average Bonchev–Trinajstić information content (AvgIpc) is 2.87. The van der Waals surface area contributed by atoms with Gasteiger partial charge in [-0.15, -0.1) is 0 Å². The van der Waals surface area contributed by atoms with Gasteiger partial charge in [-0.05, 0) is 31.0 Å². The monoisotopic (exact) mass is 459 g/mol. The average molecular weight is 459 g/mol. The minimum Gasteiger partial charge on any atom is -0.475 e. The zero-order valence-electron chi connectivity index (χ0n) is 16.1. The summed E-state index contributed by atoms with van der Waals surface area (Å²) in [6, 6.07) is 3.80. The van der Waals surface area contributed by atoms with Crippen molar-refractivity contribution in [2.24, 2.45) is 5.92 Å². The van der Waals surface area contributed by atoms with E-state index in [9.17, 15) is 30.4 Å². The van der Waals surface area contributed by atoms with Gasteiger partial charge in [0.25, 0.3) is 0 Å². The molecule has 0 radical (unpaired) electrons. The summed E-state index contributed by atoms with van der Waals surface area (Å²) < 4.78 is 87.6. The van der Waals surface area contributed by atoms with E-state index in [2.05, 4.69) is 0 Å². The number of nitrogens with zero attached hydrogens (tertiary/aromatic N) is 1.